The Bertz CT molecular complexity index is 826. The zero-order chi connectivity index (χ0) is 19.2. The van der Waals surface area contributed by atoms with Crippen LogP contribution in [0, 0.1) is 5.92 Å². The van der Waals surface area contributed by atoms with Gasteiger partial charge in [0, 0.05) is 4.88 Å². The van der Waals surface area contributed by atoms with Crippen LogP contribution in [0.15, 0.2) is 36.4 Å². The molecule has 0 unspecified atom stereocenters. The molecule has 0 radical (unpaired) electrons. The molecule has 2 aromatic rings. The molecule has 0 saturated heterocycles. The van der Waals surface area contributed by atoms with Crippen molar-refractivity contribution in [2.75, 3.05) is 18.5 Å². The molecule has 27 heavy (non-hydrogen) atoms. The molecule has 6 nitrogen and oxygen atoms in total. The molecule has 1 fully saturated rings. The first-order chi connectivity index (χ1) is 13.1. The number of nitrogens with one attached hydrogen (secondary N) is 1. The Morgan fingerprint density at radius 1 is 1.15 bits per heavy atom. The maximum Gasteiger partial charge on any atom is 0.341 e. The van der Waals surface area contributed by atoms with Crippen LogP contribution in [0.3, 0.4) is 0 Å². The molecule has 1 aliphatic carbocycles. The molecular weight excluding hydrogens is 366 g/mol. The van der Waals surface area contributed by atoms with Crippen LogP contribution in [0.2, 0.25) is 0 Å². The minimum atomic E-state index is -0.502. The van der Waals surface area contributed by atoms with E-state index in [4.69, 9.17) is 9.47 Å². The van der Waals surface area contributed by atoms with Crippen molar-refractivity contribution in [1.29, 1.82) is 0 Å². The van der Waals surface area contributed by atoms with Gasteiger partial charge in [0.1, 0.15) is 5.00 Å². The van der Waals surface area contributed by atoms with E-state index in [-0.39, 0.29) is 25.1 Å². The normalized spacial score (nSPS) is 13.5. The van der Waals surface area contributed by atoms with Gasteiger partial charge in [-0.2, -0.15) is 0 Å². The lowest BCUT2D eigenvalue weighted by atomic mass is 9.86. The molecule has 1 aromatic heterocycles. The molecule has 1 amide bonds. The van der Waals surface area contributed by atoms with Gasteiger partial charge in [-0.25, -0.2) is 4.79 Å². The lowest BCUT2D eigenvalue weighted by Gasteiger charge is -2.22. The minimum absolute atomic E-state index is 0.0840. The van der Waals surface area contributed by atoms with E-state index in [0.29, 0.717) is 10.6 Å². The second kappa shape index (κ2) is 8.81. The molecule has 7 heteroatoms. The second-order valence-electron chi connectivity index (χ2n) is 6.22. The largest absolute Gasteiger partial charge is 0.462 e. The van der Waals surface area contributed by atoms with Crippen molar-refractivity contribution in [2.45, 2.75) is 26.2 Å². The van der Waals surface area contributed by atoms with Gasteiger partial charge in [0.25, 0.3) is 5.91 Å². The first-order valence-corrected chi connectivity index (χ1v) is 9.73. The molecule has 142 valence electrons. The summed E-state index contributed by atoms with van der Waals surface area (Å²) >= 11 is 1.28. The molecular formula is C20H21NO5S. The lowest BCUT2D eigenvalue weighted by Crippen LogP contribution is -2.28. The number of esters is 2. The number of rotatable bonds is 7. The first-order valence-electron chi connectivity index (χ1n) is 8.91. The van der Waals surface area contributed by atoms with Gasteiger partial charge in [-0.15, -0.1) is 11.3 Å². The Morgan fingerprint density at radius 2 is 1.89 bits per heavy atom. The molecule has 1 saturated carbocycles. The van der Waals surface area contributed by atoms with Gasteiger partial charge in [0.2, 0.25) is 0 Å². The summed E-state index contributed by atoms with van der Waals surface area (Å²) < 4.78 is 10.1. The third-order valence-corrected chi connectivity index (χ3v) is 5.42. The number of carbonyl (C=O) groups excluding carboxylic acids is 3. The summed E-state index contributed by atoms with van der Waals surface area (Å²) in [6.45, 7) is 1.60. The third kappa shape index (κ3) is 4.74. The summed E-state index contributed by atoms with van der Waals surface area (Å²) in [7, 11) is 0. The molecule has 0 atom stereocenters. The van der Waals surface area contributed by atoms with Crippen LogP contribution in [0.4, 0.5) is 5.00 Å². The third-order valence-electron chi connectivity index (χ3n) is 4.32. The van der Waals surface area contributed by atoms with Gasteiger partial charge >= 0.3 is 11.9 Å². The highest BCUT2D eigenvalue weighted by Gasteiger charge is 2.27. The number of anilines is 1. The minimum Gasteiger partial charge on any atom is -0.462 e. The Labute approximate surface area is 161 Å². The van der Waals surface area contributed by atoms with Crippen LogP contribution < -0.4 is 5.32 Å². The van der Waals surface area contributed by atoms with Crippen molar-refractivity contribution in [1.82, 2.24) is 0 Å². The fourth-order valence-electron chi connectivity index (χ4n) is 2.65. The maximum atomic E-state index is 12.2. The highest BCUT2D eigenvalue weighted by molar-refractivity contribution is 7.20. The lowest BCUT2D eigenvalue weighted by molar-refractivity contribution is -0.154. The Morgan fingerprint density at radius 3 is 2.52 bits per heavy atom. The molecule has 1 heterocycles. The van der Waals surface area contributed by atoms with Crippen LogP contribution in [0.1, 0.15) is 36.5 Å². The smallest absolute Gasteiger partial charge is 0.341 e. The van der Waals surface area contributed by atoms with Crippen molar-refractivity contribution in [3.63, 3.8) is 0 Å². The number of hydrogen-bond donors (Lipinski definition) is 1. The number of hydrogen-bond acceptors (Lipinski definition) is 6. The number of amides is 1. The molecule has 1 N–H and O–H groups in total. The molecule has 1 aliphatic rings. The topological polar surface area (TPSA) is 81.7 Å². The Kier molecular flexibility index (Phi) is 6.24. The number of carbonyl (C=O) groups is 3. The highest BCUT2D eigenvalue weighted by Crippen LogP contribution is 2.36. The van der Waals surface area contributed by atoms with Gasteiger partial charge in [-0.1, -0.05) is 36.8 Å². The standard InChI is InChI=1S/C20H21NO5S/c1-2-25-20(24)15-11-16(13-7-4-3-5-8-13)27-18(15)21-17(22)12-26-19(23)14-9-6-10-14/h3-5,7-8,11,14H,2,6,9-10,12H2,1H3,(H,21,22). The van der Waals surface area contributed by atoms with E-state index in [1.807, 2.05) is 30.3 Å². The Balaban J connectivity index is 1.72. The quantitative estimate of drug-likeness (QED) is 0.729. The van der Waals surface area contributed by atoms with Gasteiger partial charge in [0.15, 0.2) is 6.61 Å². The van der Waals surface area contributed by atoms with E-state index >= 15 is 0 Å². The summed E-state index contributed by atoms with van der Waals surface area (Å²) in [4.78, 5) is 37.0. The average Bonchev–Trinajstić information content (AvgIpc) is 3.03. The van der Waals surface area contributed by atoms with Crippen molar-refractivity contribution < 1.29 is 23.9 Å². The summed E-state index contributed by atoms with van der Waals surface area (Å²) in [6, 6.07) is 11.3. The van der Waals surface area contributed by atoms with E-state index in [0.717, 1.165) is 29.7 Å². The van der Waals surface area contributed by atoms with Crippen LogP contribution in [-0.4, -0.2) is 31.1 Å². The highest BCUT2D eigenvalue weighted by atomic mass is 32.1. The first kappa shape index (κ1) is 19.1. The fourth-order valence-corrected chi connectivity index (χ4v) is 3.72. The van der Waals surface area contributed by atoms with Gasteiger partial charge < -0.3 is 14.8 Å². The molecule has 1 aromatic carbocycles. The number of benzene rings is 1. The SMILES string of the molecule is CCOC(=O)c1cc(-c2ccccc2)sc1NC(=O)COC(=O)C1CCC1. The number of ether oxygens (including phenoxy) is 2. The van der Waals surface area contributed by atoms with Crippen LogP contribution in [-0.2, 0) is 19.1 Å². The summed E-state index contributed by atoms with van der Waals surface area (Å²) in [5.41, 5.74) is 1.23. The fraction of sp³-hybridized carbons (Fsp3) is 0.350. The van der Waals surface area contributed by atoms with Crippen LogP contribution >= 0.6 is 11.3 Å². The predicted octanol–water partition coefficient (Wildman–Crippen LogP) is 3.87. The summed E-state index contributed by atoms with van der Waals surface area (Å²) in [6.07, 6.45) is 2.66. The molecule has 3 rings (SSSR count). The second-order valence-corrected chi connectivity index (χ2v) is 7.28. The van der Waals surface area contributed by atoms with Gasteiger partial charge in [-0.05, 0) is 31.4 Å². The molecule has 0 spiro atoms. The van der Waals surface area contributed by atoms with Crippen molar-refractivity contribution in [3.8, 4) is 10.4 Å². The number of thiophene rings is 1. The zero-order valence-corrected chi connectivity index (χ0v) is 15.8. The van der Waals surface area contributed by atoms with E-state index in [9.17, 15) is 14.4 Å². The molecule has 0 bridgehead atoms. The van der Waals surface area contributed by atoms with E-state index in [1.165, 1.54) is 11.3 Å². The summed E-state index contributed by atoms with van der Waals surface area (Å²) in [5, 5.41) is 3.06. The van der Waals surface area contributed by atoms with Crippen molar-refractivity contribution in [2.24, 2.45) is 5.92 Å². The van der Waals surface area contributed by atoms with Crippen molar-refractivity contribution >= 4 is 34.2 Å². The maximum absolute atomic E-state index is 12.2. The Hall–Kier alpha value is -2.67. The van der Waals surface area contributed by atoms with Crippen LogP contribution in [0.25, 0.3) is 10.4 Å². The van der Waals surface area contributed by atoms with E-state index in [2.05, 4.69) is 5.32 Å². The van der Waals surface area contributed by atoms with Gasteiger partial charge in [0.05, 0.1) is 18.1 Å². The molecule has 0 aliphatic heterocycles. The van der Waals surface area contributed by atoms with Crippen molar-refractivity contribution in [3.05, 3.63) is 42.0 Å². The summed E-state index contributed by atoms with van der Waals surface area (Å²) in [5.74, 6) is -1.40. The monoisotopic (exact) mass is 387 g/mol. The van der Waals surface area contributed by atoms with Crippen LogP contribution in [0.5, 0.6) is 0 Å². The predicted molar refractivity (Wildman–Crippen MR) is 103 cm³/mol. The van der Waals surface area contributed by atoms with E-state index in [1.54, 1.807) is 13.0 Å². The van der Waals surface area contributed by atoms with Gasteiger partial charge in [-0.3, -0.25) is 9.59 Å². The van der Waals surface area contributed by atoms with E-state index < -0.39 is 11.9 Å². The zero-order valence-electron chi connectivity index (χ0n) is 15.0. The average molecular weight is 387 g/mol.